The maximum absolute atomic E-state index is 10.3. The summed E-state index contributed by atoms with van der Waals surface area (Å²) in [5.41, 5.74) is 4.02. The van der Waals surface area contributed by atoms with Gasteiger partial charge >= 0.3 is 0 Å². The molecule has 0 heterocycles. The van der Waals surface area contributed by atoms with Crippen molar-refractivity contribution in [3.63, 3.8) is 0 Å². The van der Waals surface area contributed by atoms with Crippen molar-refractivity contribution >= 4 is 16.6 Å². The van der Waals surface area contributed by atoms with E-state index in [1.165, 1.54) is 49.7 Å². The minimum atomic E-state index is -2.01. The van der Waals surface area contributed by atoms with Crippen LogP contribution in [0.15, 0.2) is 35.5 Å². The van der Waals surface area contributed by atoms with Crippen LogP contribution in [0.5, 0.6) is 0 Å². The molecule has 3 aliphatic carbocycles. The third-order valence-corrected chi connectivity index (χ3v) is 22.4. The molecule has 0 amide bonds. The van der Waals surface area contributed by atoms with E-state index in [0.29, 0.717) is 17.3 Å². The standard InChI is InChI=1S/C40H74O3Si2/c1-28(19-17-25-39(10,11)41)33-23-24-34-31(20-18-26-40(33,34)12)21-22-32-27-35(42-44(13,14)37(4,5)6)30(3)36(29(32)2)43-45(15,16)38(7,8)9/h21-22,28,30,33-36,41H,2,17-20,23-27H2,1,3-16H3/b31-21?,32-22-/t28-,30+,33+,34?,35+,36-,40+/m0/s1. The lowest BCUT2D eigenvalue weighted by Gasteiger charge is -2.48. The summed E-state index contributed by atoms with van der Waals surface area (Å²) >= 11 is 0. The molecule has 0 aliphatic heterocycles. The molecule has 3 saturated carbocycles. The molecule has 0 radical (unpaired) electrons. The first-order valence-corrected chi connectivity index (χ1v) is 24.3. The van der Waals surface area contributed by atoms with Gasteiger partial charge in [0.1, 0.15) is 0 Å². The van der Waals surface area contributed by atoms with Crippen molar-refractivity contribution in [2.75, 3.05) is 0 Å². The highest BCUT2D eigenvalue weighted by Crippen LogP contribution is 2.60. The average molecular weight is 659 g/mol. The second-order valence-electron chi connectivity index (χ2n) is 19.5. The Labute approximate surface area is 282 Å². The van der Waals surface area contributed by atoms with E-state index in [4.69, 9.17) is 15.4 Å². The van der Waals surface area contributed by atoms with Crippen molar-refractivity contribution in [3.05, 3.63) is 35.5 Å². The fourth-order valence-corrected chi connectivity index (χ4v) is 11.0. The summed E-state index contributed by atoms with van der Waals surface area (Å²) in [4.78, 5) is 0. The molecule has 0 aromatic heterocycles. The van der Waals surface area contributed by atoms with E-state index >= 15 is 0 Å². The van der Waals surface area contributed by atoms with Crippen LogP contribution in [-0.4, -0.2) is 39.6 Å². The molecular formula is C40H74O3Si2. The van der Waals surface area contributed by atoms with Gasteiger partial charge in [0.25, 0.3) is 0 Å². The van der Waals surface area contributed by atoms with E-state index in [9.17, 15) is 5.11 Å². The Morgan fingerprint density at radius 1 is 0.956 bits per heavy atom. The maximum Gasteiger partial charge on any atom is 0.192 e. The molecule has 3 fully saturated rings. The topological polar surface area (TPSA) is 38.7 Å². The van der Waals surface area contributed by atoms with Crippen molar-refractivity contribution in [1.29, 1.82) is 0 Å². The van der Waals surface area contributed by atoms with E-state index in [0.717, 1.165) is 25.2 Å². The molecule has 0 spiro atoms. The second-order valence-corrected chi connectivity index (χ2v) is 29.0. The zero-order valence-corrected chi connectivity index (χ0v) is 34.5. The smallest absolute Gasteiger partial charge is 0.192 e. The summed E-state index contributed by atoms with van der Waals surface area (Å²) in [5, 5.41) is 10.6. The summed E-state index contributed by atoms with van der Waals surface area (Å²) in [7, 11) is -3.98. The minimum absolute atomic E-state index is 0.00343. The summed E-state index contributed by atoms with van der Waals surface area (Å²) in [5.74, 6) is 2.44. The zero-order chi connectivity index (χ0) is 34.4. The summed E-state index contributed by atoms with van der Waals surface area (Å²) in [6.07, 6.45) is 15.8. The number of hydrogen-bond acceptors (Lipinski definition) is 3. The molecule has 5 heteroatoms. The van der Waals surface area contributed by atoms with E-state index in [-0.39, 0.29) is 28.2 Å². The summed E-state index contributed by atoms with van der Waals surface area (Å²) < 4.78 is 14.4. The summed E-state index contributed by atoms with van der Waals surface area (Å²) in [6.45, 7) is 39.7. The van der Waals surface area contributed by atoms with Gasteiger partial charge in [-0.25, -0.2) is 0 Å². The molecular weight excluding hydrogens is 585 g/mol. The van der Waals surface area contributed by atoms with Crippen LogP contribution in [-0.2, 0) is 8.85 Å². The van der Waals surface area contributed by atoms with Crippen molar-refractivity contribution in [2.45, 2.75) is 188 Å². The highest BCUT2D eigenvalue weighted by Gasteiger charge is 2.51. The van der Waals surface area contributed by atoms with Gasteiger partial charge in [0.2, 0.25) is 0 Å². The monoisotopic (exact) mass is 659 g/mol. The first kappa shape index (κ1) is 39.0. The molecule has 3 nitrogen and oxygen atoms in total. The lowest BCUT2D eigenvalue weighted by molar-refractivity contribution is 0.0406. The van der Waals surface area contributed by atoms with Crippen molar-refractivity contribution < 1.29 is 14.0 Å². The van der Waals surface area contributed by atoms with E-state index in [1.807, 2.05) is 13.8 Å². The molecule has 7 atom stereocenters. The van der Waals surface area contributed by atoms with Gasteiger partial charge in [-0.05, 0) is 129 Å². The Hall–Kier alpha value is -0.466. The highest BCUT2D eigenvalue weighted by atomic mass is 28.4. The fourth-order valence-electron chi connectivity index (χ4n) is 8.26. The van der Waals surface area contributed by atoms with Crippen LogP contribution in [0.25, 0.3) is 0 Å². The van der Waals surface area contributed by atoms with Crippen molar-refractivity contribution in [3.8, 4) is 0 Å². The molecule has 1 N–H and O–H groups in total. The predicted molar refractivity (Wildman–Crippen MR) is 201 cm³/mol. The van der Waals surface area contributed by atoms with Gasteiger partial charge in [0.15, 0.2) is 16.6 Å². The molecule has 0 aromatic rings. The van der Waals surface area contributed by atoms with Gasteiger partial charge in [-0.3, -0.25) is 0 Å². The Balaban J connectivity index is 1.90. The van der Waals surface area contributed by atoms with Crippen LogP contribution in [0, 0.1) is 29.1 Å². The normalized spacial score (nSPS) is 33.2. The molecule has 0 bridgehead atoms. The third-order valence-electron chi connectivity index (χ3n) is 13.4. The number of rotatable bonds is 10. The SMILES string of the molecule is C=C1/C(=C\C=C2CCC[C@@]3(C)C2CC[C@@H]3[C@@H](C)CCCC(C)(C)O)C[C@@H](O[Si](C)(C)C(C)(C)C)[C@@H](C)[C@H]1O[Si](C)(C)C(C)(C)C. The lowest BCUT2D eigenvalue weighted by Crippen LogP contribution is -2.53. The van der Waals surface area contributed by atoms with Crippen LogP contribution in [0.4, 0.5) is 0 Å². The second kappa shape index (κ2) is 13.8. The highest BCUT2D eigenvalue weighted by molar-refractivity contribution is 6.74. The predicted octanol–water partition coefficient (Wildman–Crippen LogP) is 12.0. The van der Waals surface area contributed by atoms with Crippen molar-refractivity contribution in [2.24, 2.45) is 29.1 Å². The zero-order valence-electron chi connectivity index (χ0n) is 32.5. The van der Waals surface area contributed by atoms with Crippen LogP contribution in [0.2, 0.25) is 36.3 Å². The molecule has 1 unspecified atom stereocenters. The Morgan fingerprint density at radius 2 is 1.53 bits per heavy atom. The van der Waals surface area contributed by atoms with Crippen LogP contribution in [0.1, 0.15) is 134 Å². The maximum atomic E-state index is 10.3. The van der Waals surface area contributed by atoms with E-state index in [2.05, 4.69) is 101 Å². The van der Waals surface area contributed by atoms with Crippen LogP contribution >= 0.6 is 0 Å². The van der Waals surface area contributed by atoms with Gasteiger partial charge in [-0.2, -0.15) is 0 Å². The number of aliphatic hydroxyl groups is 1. The third kappa shape index (κ3) is 8.96. The summed E-state index contributed by atoms with van der Waals surface area (Å²) in [6, 6.07) is 0. The van der Waals surface area contributed by atoms with Crippen LogP contribution in [0.3, 0.4) is 0 Å². The van der Waals surface area contributed by atoms with Gasteiger partial charge in [0.05, 0.1) is 17.8 Å². The fraction of sp³-hybridized carbons (Fsp3) is 0.850. The molecule has 3 rings (SSSR count). The Kier molecular flexibility index (Phi) is 12.0. The first-order valence-electron chi connectivity index (χ1n) is 18.5. The number of hydrogen-bond donors (Lipinski definition) is 1. The average Bonchev–Trinajstić information content (AvgIpc) is 3.23. The van der Waals surface area contributed by atoms with Gasteiger partial charge in [-0.1, -0.05) is 99.5 Å². The quantitative estimate of drug-likeness (QED) is 0.237. The molecule has 45 heavy (non-hydrogen) atoms. The van der Waals surface area contributed by atoms with Crippen molar-refractivity contribution in [1.82, 2.24) is 0 Å². The Bertz CT molecular complexity index is 1100. The van der Waals surface area contributed by atoms with E-state index in [1.54, 1.807) is 5.57 Å². The lowest BCUT2D eigenvalue weighted by atomic mass is 9.60. The van der Waals surface area contributed by atoms with Gasteiger partial charge < -0.3 is 14.0 Å². The first-order chi connectivity index (χ1) is 20.3. The molecule has 0 aromatic carbocycles. The van der Waals surface area contributed by atoms with Crippen LogP contribution < -0.4 is 0 Å². The van der Waals surface area contributed by atoms with E-state index < -0.39 is 22.2 Å². The number of fused-ring (bicyclic) bond motifs is 1. The minimum Gasteiger partial charge on any atom is -0.413 e. The Morgan fingerprint density at radius 3 is 2.09 bits per heavy atom. The molecule has 0 saturated heterocycles. The largest absolute Gasteiger partial charge is 0.413 e. The van der Waals surface area contributed by atoms with Gasteiger partial charge in [0, 0.05) is 5.92 Å². The molecule has 3 aliphatic rings. The molecule has 260 valence electrons. The number of allylic oxidation sites excluding steroid dienone is 3. The van der Waals surface area contributed by atoms with Gasteiger partial charge in [-0.15, -0.1) is 0 Å².